The number of nitriles is 4. The van der Waals surface area contributed by atoms with Gasteiger partial charge in [0.05, 0.1) is 24.3 Å². The Bertz CT molecular complexity index is 803. The van der Waals surface area contributed by atoms with Gasteiger partial charge in [0.15, 0.2) is 0 Å². The predicted octanol–water partition coefficient (Wildman–Crippen LogP) is 3.57. The summed E-state index contributed by atoms with van der Waals surface area (Å²) in [5, 5.41) is 39.4. The first kappa shape index (κ1) is 16.8. The first-order valence-electron chi connectivity index (χ1n) is 7.29. The first-order chi connectivity index (χ1) is 11.5. The van der Waals surface area contributed by atoms with Crippen LogP contribution in [0.3, 0.4) is 0 Å². The molecule has 0 fully saturated rings. The maximum Gasteiger partial charge on any atom is 0.204 e. The van der Waals surface area contributed by atoms with Crippen LogP contribution in [0.15, 0.2) is 48.5 Å². The smallest absolute Gasteiger partial charge is 0.196 e. The van der Waals surface area contributed by atoms with Gasteiger partial charge in [-0.25, -0.2) is 0 Å². The molecular formula is C20H14N4. The molecule has 2 rings (SSSR count). The fraction of sp³-hybridized carbons (Fsp3) is 0.200. The Kier molecular flexibility index (Phi) is 4.37. The molecule has 0 spiro atoms. The lowest BCUT2D eigenvalue weighted by Crippen LogP contribution is -2.45. The van der Waals surface area contributed by atoms with Crippen LogP contribution in [0.5, 0.6) is 0 Å². The van der Waals surface area contributed by atoms with Gasteiger partial charge in [-0.2, -0.15) is 21.0 Å². The van der Waals surface area contributed by atoms with E-state index in [0.29, 0.717) is 11.1 Å². The van der Waals surface area contributed by atoms with Gasteiger partial charge in [0.2, 0.25) is 10.8 Å². The summed E-state index contributed by atoms with van der Waals surface area (Å²) in [4.78, 5) is 0. The van der Waals surface area contributed by atoms with Gasteiger partial charge >= 0.3 is 0 Å². The van der Waals surface area contributed by atoms with E-state index < -0.39 is 10.8 Å². The fourth-order valence-electron chi connectivity index (χ4n) is 2.68. The quantitative estimate of drug-likeness (QED) is 0.865. The molecule has 0 N–H and O–H groups in total. The molecule has 0 radical (unpaired) electrons. The summed E-state index contributed by atoms with van der Waals surface area (Å²) < 4.78 is 0. The zero-order valence-corrected chi connectivity index (χ0v) is 13.4. The average molecular weight is 310 g/mol. The second-order valence-corrected chi connectivity index (χ2v) is 5.68. The third-order valence-corrected chi connectivity index (χ3v) is 4.20. The van der Waals surface area contributed by atoms with Crippen LogP contribution in [0.4, 0.5) is 0 Å². The summed E-state index contributed by atoms with van der Waals surface area (Å²) in [5.41, 5.74) is -1.28. The van der Waals surface area contributed by atoms with Crippen molar-refractivity contribution in [1.29, 1.82) is 21.0 Å². The molecule has 24 heavy (non-hydrogen) atoms. The third kappa shape index (κ3) is 2.28. The van der Waals surface area contributed by atoms with Crippen LogP contribution < -0.4 is 0 Å². The zero-order valence-electron chi connectivity index (χ0n) is 13.4. The molecular weight excluding hydrogens is 296 g/mol. The van der Waals surface area contributed by atoms with Crippen LogP contribution in [0, 0.1) is 59.2 Å². The number of aryl methyl sites for hydroxylation is 2. The van der Waals surface area contributed by atoms with Crippen LogP contribution in [0.1, 0.15) is 22.3 Å². The SMILES string of the molecule is Cc1ccc(C(C#N)(C#N)C(C#N)(C#N)c2ccc(C)cc2)cc1. The highest BCUT2D eigenvalue weighted by Crippen LogP contribution is 2.43. The fourth-order valence-corrected chi connectivity index (χ4v) is 2.68. The van der Waals surface area contributed by atoms with E-state index in [-0.39, 0.29) is 0 Å². The van der Waals surface area contributed by atoms with Gasteiger partial charge in [-0.1, -0.05) is 59.7 Å². The minimum atomic E-state index is -1.93. The van der Waals surface area contributed by atoms with Crippen LogP contribution in [-0.4, -0.2) is 0 Å². The second kappa shape index (κ2) is 6.26. The van der Waals surface area contributed by atoms with Crippen molar-refractivity contribution in [2.75, 3.05) is 0 Å². The molecule has 2 aromatic rings. The monoisotopic (exact) mass is 310 g/mol. The molecule has 0 aliphatic carbocycles. The summed E-state index contributed by atoms with van der Waals surface area (Å²) >= 11 is 0. The molecule has 0 amide bonds. The van der Waals surface area contributed by atoms with Crippen molar-refractivity contribution < 1.29 is 0 Å². The van der Waals surface area contributed by atoms with E-state index in [9.17, 15) is 21.0 Å². The average Bonchev–Trinajstić information content (AvgIpc) is 2.62. The standard InChI is InChI=1S/C20H14N4/c1-15-3-7-17(8-4-15)19(11-21,12-22)20(13-23,14-24)18-9-5-16(2)6-10-18/h3-10H,1-2H3. The first-order valence-corrected chi connectivity index (χ1v) is 7.29. The molecule has 0 heterocycles. The van der Waals surface area contributed by atoms with Crippen molar-refractivity contribution in [2.45, 2.75) is 24.7 Å². The normalized spacial score (nSPS) is 10.8. The Balaban J connectivity index is 2.85. The predicted molar refractivity (Wildman–Crippen MR) is 88.2 cm³/mol. The topological polar surface area (TPSA) is 95.2 Å². The maximum absolute atomic E-state index is 9.84. The Labute approximate surface area is 141 Å². The summed E-state index contributed by atoms with van der Waals surface area (Å²) in [6.45, 7) is 3.76. The molecule has 0 bridgehead atoms. The van der Waals surface area contributed by atoms with Gasteiger partial charge < -0.3 is 0 Å². The highest BCUT2D eigenvalue weighted by Gasteiger charge is 2.57. The molecule has 2 aromatic carbocycles. The number of rotatable bonds is 3. The lowest BCUT2D eigenvalue weighted by atomic mass is 9.59. The van der Waals surface area contributed by atoms with Crippen LogP contribution in [0.25, 0.3) is 0 Å². The largest absolute Gasteiger partial charge is 0.204 e. The van der Waals surface area contributed by atoms with Gasteiger partial charge in [-0.3, -0.25) is 0 Å². The Hall–Kier alpha value is -3.60. The molecule has 0 aromatic heterocycles. The van der Waals surface area contributed by atoms with E-state index in [0.717, 1.165) is 11.1 Å². The molecule has 0 saturated carbocycles. The Morgan fingerprint density at radius 1 is 0.542 bits per heavy atom. The van der Waals surface area contributed by atoms with Crippen LogP contribution in [0.2, 0.25) is 0 Å². The molecule has 0 saturated heterocycles. The van der Waals surface area contributed by atoms with Crippen molar-refractivity contribution in [3.63, 3.8) is 0 Å². The van der Waals surface area contributed by atoms with Crippen molar-refractivity contribution in [3.05, 3.63) is 70.8 Å². The summed E-state index contributed by atoms with van der Waals surface area (Å²) in [5.74, 6) is 0. The van der Waals surface area contributed by atoms with E-state index in [1.807, 2.05) is 38.1 Å². The summed E-state index contributed by atoms with van der Waals surface area (Å²) in [6.07, 6.45) is 0. The number of hydrogen-bond donors (Lipinski definition) is 0. The highest BCUT2D eigenvalue weighted by molar-refractivity contribution is 5.59. The van der Waals surface area contributed by atoms with E-state index >= 15 is 0 Å². The minimum absolute atomic E-state index is 0.335. The van der Waals surface area contributed by atoms with Gasteiger partial charge in [0.25, 0.3) is 0 Å². The second-order valence-electron chi connectivity index (χ2n) is 5.68. The van der Waals surface area contributed by atoms with Gasteiger partial charge in [0.1, 0.15) is 0 Å². The van der Waals surface area contributed by atoms with Gasteiger partial charge in [-0.05, 0) is 25.0 Å². The number of benzene rings is 2. The summed E-state index contributed by atoms with van der Waals surface area (Å²) in [6, 6.07) is 21.3. The minimum Gasteiger partial charge on any atom is -0.196 e. The molecule has 0 aliphatic rings. The van der Waals surface area contributed by atoms with E-state index in [4.69, 9.17) is 0 Å². The van der Waals surface area contributed by atoms with Crippen molar-refractivity contribution >= 4 is 0 Å². The molecule has 114 valence electrons. The van der Waals surface area contributed by atoms with Gasteiger partial charge in [-0.15, -0.1) is 0 Å². The van der Waals surface area contributed by atoms with E-state index in [1.54, 1.807) is 48.5 Å². The molecule has 0 unspecified atom stereocenters. The summed E-state index contributed by atoms with van der Waals surface area (Å²) in [7, 11) is 0. The van der Waals surface area contributed by atoms with Crippen molar-refractivity contribution in [1.82, 2.24) is 0 Å². The van der Waals surface area contributed by atoms with E-state index in [2.05, 4.69) is 0 Å². The Morgan fingerprint density at radius 2 is 0.792 bits per heavy atom. The number of hydrogen-bond acceptors (Lipinski definition) is 4. The van der Waals surface area contributed by atoms with Crippen LogP contribution in [-0.2, 0) is 10.8 Å². The van der Waals surface area contributed by atoms with Crippen LogP contribution >= 0.6 is 0 Å². The molecule has 0 atom stereocenters. The lowest BCUT2D eigenvalue weighted by Gasteiger charge is -2.32. The zero-order chi connectivity index (χ0) is 17.8. The molecule has 4 heteroatoms. The Morgan fingerprint density at radius 3 is 1.00 bits per heavy atom. The van der Waals surface area contributed by atoms with Gasteiger partial charge in [0, 0.05) is 0 Å². The lowest BCUT2D eigenvalue weighted by molar-refractivity contribution is 0.524. The number of nitrogens with zero attached hydrogens (tertiary/aromatic N) is 4. The maximum atomic E-state index is 9.84. The third-order valence-electron chi connectivity index (χ3n) is 4.20. The highest BCUT2D eigenvalue weighted by atomic mass is 14.6. The van der Waals surface area contributed by atoms with Crippen molar-refractivity contribution in [3.8, 4) is 24.3 Å². The van der Waals surface area contributed by atoms with Crippen molar-refractivity contribution in [2.24, 2.45) is 0 Å². The molecule has 4 nitrogen and oxygen atoms in total. The van der Waals surface area contributed by atoms with E-state index in [1.165, 1.54) is 0 Å². The molecule has 0 aliphatic heterocycles.